The number of carbonyl (C=O) groups is 2. The van der Waals surface area contributed by atoms with E-state index >= 15 is 0 Å². The summed E-state index contributed by atoms with van der Waals surface area (Å²) in [6, 6.07) is 19.1. The molecule has 1 heterocycles. The summed E-state index contributed by atoms with van der Waals surface area (Å²) in [6.07, 6.45) is 2.59. The van der Waals surface area contributed by atoms with Gasteiger partial charge in [0, 0.05) is 12.5 Å². The highest BCUT2D eigenvalue weighted by Crippen LogP contribution is 2.43. The van der Waals surface area contributed by atoms with Gasteiger partial charge in [0.2, 0.25) is 5.91 Å². The van der Waals surface area contributed by atoms with E-state index in [0.717, 1.165) is 36.0 Å². The van der Waals surface area contributed by atoms with E-state index in [4.69, 9.17) is 4.74 Å². The maximum absolute atomic E-state index is 13.2. The number of likely N-dealkylation sites (tertiary alicyclic amines) is 1. The third kappa shape index (κ3) is 5.19. The van der Waals surface area contributed by atoms with Gasteiger partial charge in [-0.15, -0.1) is 0 Å². The molecular weight excluding hydrogens is 414 g/mol. The first-order chi connectivity index (χ1) is 15.7. The van der Waals surface area contributed by atoms with Crippen molar-refractivity contribution < 1.29 is 14.3 Å². The SMILES string of the molecule is CC(C)(C)OC(=O)N1C2CCC(C2)C1C(=O)NC(C#N)Cc1ccc(-c2ccccc2)cc1. The molecule has 1 saturated heterocycles. The van der Waals surface area contributed by atoms with E-state index < -0.39 is 23.8 Å². The van der Waals surface area contributed by atoms with E-state index in [1.54, 1.807) is 4.90 Å². The first-order valence-electron chi connectivity index (χ1n) is 11.6. The standard InChI is InChI=1S/C27H31N3O3/c1-27(2,3)33-26(32)30-23-14-13-21(16-23)24(30)25(31)29-22(17-28)15-18-9-11-20(12-10-18)19-7-5-4-6-8-19/h4-12,21-24H,13-16H2,1-3H3,(H,29,31). The van der Waals surface area contributed by atoms with Crippen LogP contribution in [-0.2, 0) is 16.0 Å². The molecule has 172 valence electrons. The van der Waals surface area contributed by atoms with E-state index in [1.807, 2.05) is 63.2 Å². The van der Waals surface area contributed by atoms with Crippen LogP contribution in [0.2, 0.25) is 0 Å². The predicted molar refractivity (Wildman–Crippen MR) is 126 cm³/mol. The van der Waals surface area contributed by atoms with Crippen LogP contribution in [0.1, 0.15) is 45.6 Å². The molecule has 0 aromatic heterocycles. The average Bonchev–Trinajstić information content (AvgIpc) is 3.40. The lowest BCUT2D eigenvalue weighted by molar-refractivity contribution is -0.128. The Morgan fingerprint density at radius 1 is 1.09 bits per heavy atom. The van der Waals surface area contributed by atoms with E-state index in [0.29, 0.717) is 6.42 Å². The third-order valence-corrected chi connectivity index (χ3v) is 6.43. The second kappa shape index (κ2) is 9.27. The molecular formula is C27H31N3O3. The highest BCUT2D eigenvalue weighted by Gasteiger charge is 2.52. The fraction of sp³-hybridized carbons (Fsp3) is 0.444. The fourth-order valence-electron chi connectivity index (χ4n) is 4.99. The number of fused-ring (bicyclic) bond motifs is 2. The van der Waals surface area contributed by atoms with Gasteiger partial charge in [-0.25, -0.2) is 4.79 Å². The number of rotatable bonds is 5. The van der Waals surface area contributed by atoms with Crippen LogP contribution < -0.4 is 5.32 Å². The average molecular weight is 446 g/mol. The first kappa shape index (κ1) is 22.8. The molecule has 2 fully saturated rings. The number of carbonyl (C=O) groups excluding carboxylic acids is 2. The first-order valence-corrected chi connectivity index (χ1v) is 11.6. The molecule has 4 unspecified atom stereocenters. The van der Waals surface area contributed by atoms with Crippen molar-refractivity contribution in [2.45, 2.75) is 70.2 Å². The van der Waals surface area contributed by atoms with E-state index in [2.05, 4.69) is 23.5 Å². The molecule has 0 radical (unpaired) electrons. The number of nitrogens with one attached hydrogen (secondary N) is 1. The van der Waals surface area contributed by atoms with Crippen LogP contribution in [0.3, 0.4) is 0 Å². The Kier molecular flexibility index (Phi) is 6.42. The molecule has 2 amide bonds. The van der Waals surface area contributed by atoms with E-state index in [1.165, 1.54) is 0 Å². The Labute approximate surface area is 195 Å². The Morgan fingerprint density at radius 3 is 2.39 bits per heavy atom. The van der Waals surface area contributed by atoms with Crippen LogP contribution >= 0.6 is 0 Å². The molecule has 1 saturated carbocycles. The molecule has 4 atom stereocenters. The van der Waals surface area contributed by atoms with Crippen molar-refractivity contribution in [2.75, 3.05) is 0 Å². The molecule has 2 aromatic carbocycles. The third-order valence-electron chi connectivity index (χ3n) is 6.43. The molecule has 1 aliphatic heterocycles. The quantitative estimate of drug-likeness (QED) is 0.724. The minimum absolute atomic E-state index is 0.0340. The summed E-state index contributed by atoms with van der Waals surface area (Å²) in [5, 5.41) is 12.6. The fourth-order valence-corrected chi connectivity index (χ4v) is 4.99. The van der Waals surface area contributed by atoms with E-state index in [-0.39, 0.29) is 17.9 Å². The van der Waals surface area contributed by atoms with Gasteiger partial charge in [-0.3, -0.25) is 9.69 Å². The van der Waals surface area contributed by atoms with Crippen molar-refractivity contribution in [3.63, 3.8) is 0 Å². The monoisotopic (exact) mass is 445 g/mol. The van der Waals surface area contributed by atoms with Gasteiger partial charge in [-0.05, 0) is 62.6 Å². The highest BCUT2D eigenvalue weighted by atomic mass is 16.6. The smallest absolute Gasteiger partial charge is 0.411 e. The van der Waals surface area contributed by atoms with Crippen molar-refractivity contribution in [1.29, 1.82) is 5.26 Å². The highest BCUT2D eigenvalue weighted by molar-refractivity contribution is 5.87. The molecule has 1 N–H and O–H groups in total. The Hall–Kier alpha value is -3.33. The lowest BCUT2D eigenvalue weighted by Crippen LogP contribution is -2.55. The van der Waals surface area contributed by atoms with Gasteiger partial charge in [-0.2, -0.15) is 5.26 Å². The maximum Gasteiger partial charge on any atom is 0.411 e. The number of hydrogen-bond acceptors (Lipinski definition) is 4. The maximum atomic E-state index is 13.2. The summed E-state index contributed by atoms with van der Waals surface area (Å²) >= 11 is 0. The largest absolute Gasteiger partial charge is 0.444 e. The van der Waals surface area contributed by atoms with Crippen LogP contribution in [0.25, 0.3) is 11.1 Å². The van der Waals surface area contributed by atoms with Crippen molar-refractivity contribution >= 4 is 12.0 Å². The number of piperidine rings is 1. The number of hydrogen-bond donors (Lipinski definition) is 1. The van der Waals surface area contributed by atoms with Gasteiger partial charge in [0.05, 0.1) is 6.07 Å². The second-order valence-electron chi connectivity index (χ2n) is 10.0. The number of nitrogens with zero attached hydrogens (tertiary/aromatic N) is 2. The van der Waals surface area contributed by atoms with Crippen LogP contribution in [0.4, 0.5) is 4.79 Å². The molecule has 0 spiro atoms. The number of benzene rings is 2. The molecule has 2 bridgehead atoms. The van der Waals surface area contributed by atoms with Gasteiger partial charge in [0.25, 0.3) is 0 Å². The van der Waals surface area contributed by atoms with Gasteiger partial charge in [0.15, 0.2) is 0 Å². The van der Waals surface area contributed by atoms with Crippen LogP contribution in [0.5, 0.6) is 0 Å². The zero-order valence-corrected chi connectivity index (χ0v) is 19.5. The summed E-state index contributed by atoms with van der Waals surface area (Å²) in [7, 11) is 0. The van der Waals surface area contributed by atoms with Crippen LogP contribution in [-0.4, -0.2) is 40.6 Å². The molecule has 33 heavy (non-hydrogen) atoms. The number of ether oxygens (including phenoxy) is 1. The lowest BCUT2D eigenvalue weighted by Gasteiger charge is -2.35. The van der Waals surface area contributed by atoms with Crippen LogP contribution in [0.15, 0.2) is 54.6 Å². The van der Waals surface area contributed by atoms with Gasteiger partial charge in [-0.1, -0.05) is 54.6 Å². The summed E-state index contributed by atoms with van der Waals surface area (Å²) in [5.41, 5.74) is 2.58. The van der Waals surface area contributed by atoms with Gasteiger partial charge in [0.1, 0.15) is 17.7 Å². The molecule has 1 aliphatic carbocycles. The van der Waals surface area contributed by atoms with Crippen molar-refractivity contribution in [3.8, 4) is 17.2 Å². The summed E-state index contributed by atoms with van der Waals surface area (Å²) in [4.78, 5) is 27.6. The van der Waals surface area contributed by atoms with Crippen LogP contribution in [0, 0.1) is 17.2 Å². The molecule has 6 nitrogen and oxygen atoms in total. The van der Waals surface area contributed by atoms with Crippen molar-refractivity contribution in [2.24, 2.45) is 5.92 Å². The lowest BCUT2D eigenvalue weighted by atomic mass is 9.97. The zero-order chi connectivity index (χ0) is 23.6. The normalized spacial score (nSPS) is 22.5. The summed E-state index contributed by atoms with van der Waals surface area (Å²) in [6.45, 7) is 5.47. The minimum atomic E-state index is -0.667. The molecule has 4 rings (SSSR count). The van der Waals surface area contributed by atoms with Crippen molar-refractivity contribution in [1.82, 2.24) is 10.2 Å². The summed E-state index contributed by atoms with van der Waals surface area (Å²) in [5.74, 6) is -0.146. The van der Waals surface area contributed by atoms with Gasteiger partial charge >= 0.3 is 6.09 Å². The predicted octanol–water partition coefficient (Wildman–Crippen LogP) is 4.69. The zero-order valence-electron chi connectivity index (χ0n) is 19.5. The minimum Gasteiger partial charge on any atom is -0.444 e. The van der Waals surface area contributed by atoms with Gasteiger partial charge < -0.3 is 10.1 Å². The second-order valence-corrected chi connectivity index (χ2v) is 10.0. The molecule has 6 heteroatoms. The molecule has 2 aromatic rings. The van der Waals surface area contributed by atoms with E-state index in [9.17, 15) is 14.9 Å². The Morgan fingerprint density at radius 2 is 1.76 bits per heavy atom. The Bertz CT molecular complexity index is 1040. The topological polar surface area (TPSA) is 82.4 Å². The Balaban J connectivity index is 1.42. The molecule has 2 aliphatic rings. The van der Waals surface area contributed by atoms with Crippen molar-refractivity contribution in [3.05, 3.63) is 60.2 Å². The number of nitriles is 1. The number of amides is 2. The summed E-state index contributed by atoms with van der Waals surface area (Å²) < 4.78 is 5.57.